The summed E-state index contributed by atoms with van der Waals surface area (Å²) in [6, 6.07) is 22.6. The number of carbonyl (C=O) groups excluding carboxylic acids is 2. The number of ether oxygens (including phenoxy) is 2. The number of allylic oxidation sites excluding steroid dienone is 1. The van der Waals surface area contributed by atoms with E-state index in [1.54, 1.807) is 72.8 Å². The number of H-pyrrole nitrogens is 1. The Balaban J connectivity index is 1.73. The van der Waals surface area contributed by atoms with E-state index in [0.29, 0.717) is 28.1 Å². The molecule has 0 saturated heterocycles. The van der Waals surface area contributed by atoms with E-state index in [4.69, 9.17) is 15.2 Å². The van der Waals surface area contributed by atoms with Crippen LogP contribution in [-0.4, -0.2) is 41.2 Å². The van der Waals surface area contributed by atoms with Gasteiger partial charge in [-0.25, -0.2) is 14.6 Å². The first-order valence-corrected chi connectivity index (χ1v) is 11.8. The highest BCUT2D eigenvalue weighted by atomic mass is 16.5. The molecule has 10 nitrogen and oxygen atoms in total. The first kappa shape index (κ1) is 25.1. The molecule has 1 unspecified atom stereocenters. The third-order valence-corrected chi connectivity index (χ3v) is 6.47. The van der Waals surface area contributed by atoms with Gasteiger partial charge in [0.25, 0.3) is 0 Å². The predicted octanol–water partition coefficient (Wildman–Crippen LogP) is 3.83. The Labute approximate surface area is 223 Å². The number of nitrogens with zero attached hydrogens (tertiary/aromatic N) is 3. The number of rotatable bonds is 5. The number of nitriles is 1. The molecule has 0 radical (unpaired) electrons. The molecule has 0 aliphatic carbocycles. The van der Waals surface area contributed by atoms with Crippen molar-refractivity contribution in [3.63, 3.8) is 0 Å². The second-order valence-electron chi connectivity index (χ2n) is 8.67. The fourth-order valence-corrected chi connectivity index (χ4v) is 4.67. The lowest BCUT2D eigenvalue weighted by Gasteiger charge is -2.35. The van der Waals surface area contributed by atoms with E-state index in [1.165, 1.54) is 19.1 Å². The molecule has 39 heavy (non-hydrogen) atoms. The summed E-state index contributed by atoms with van der Waals surface area (Å²) in [5.74, 6) is -1.92. The molecular formula is C29H23N5O5. The van der Waals surface area contributed by atoms with E-state index in [2.05, 4.69) is 16.0 Å². The Hall–Kier alpha value is -5.56. The van der Waals surface area contributed by atoms with Crippen molar-refractivity contribution in [1.82, 2.24) is 9.97 Å². The van der Waals surface area contributed by atoms with Gasteiger partial charge in [0.05, 0.1) is 54.1 Å². The van der Waals surface area contributed by atoms with Crippen molar-refractivity contribution in [3.05, 3.63) is 101 Å². The average molecular weight is 522 g/mol. The van der Waals surface area contributed by atoms with Crippen molar-refractivity contribution in [3.8, 4) is 23.2 Å². The Morgan fingerprint density at radius 3 is 2.36 bits per heavy atom. The number of hydrogen-bond acceptors (Lipinski definition) is 9. The van der Waals surface area contributed by atoms with Gasteiger partial charge in [0.2, 0.25) is 0 Å². The molecule has 3 aromatic carbocycles. The summed E-state index contributed by atoms with van der Waals surface area (Å²) in [5, 5.41) is 19.8. The SMILES string of the molecule is COC(=O)C1=C(C(=O)OC)N(c2ccc3nc(-c4ccc(O)cc4)[nH]c3c2)C(N)=C(C#N)C1c1ccccc1. The van der Waals surface area contributed by atoms with Gasteiger partial charge in [-0.3, -0.25) is 4.90 Å². The van der Waals surface area contributed by atoms with Gasteiger partial charge in [-0.15, -0.1) is 0 Å². The first-order chi connectivity index (χ1) is 18.9. The van der Waals surface area contributed by atoms with Crippen molar-refractivity contribution < 1.29 is 24.2 Å². The number of aromatic amines is 1. The number of nitrogens with one attached hydrogen (secondary N) is 1. The Kier molecular flexibility index (Phi) is 6.48. The number of aromatic hydroxyl groups is 1. The van der Waals surface area contributed by atoms with Gasteiger partial charge in [0, 0.05) is 5.56 Å². The van der Waals surface area contributed by atoms with Crippen LogP contribution in [0.25, 0.3) is 22.4 Å². The van der Waals surface area contributed by atoms with Crippen LogP contribution < -0.4 is 10.6 Å². The quantitative estimate of drug-likeness (QED) is 0.332. The highest BCUT2D eigenvalue weighted by Gasteiger charge is 2.43. The van der Waals surface area contributed by atoms with Crippen LogP contribution in [0.15, 0.2) is 95.5 Å². The van der Waals surface area contributed by atoms with Crippen LogP contribution in [0.5, 0.6) is 5.75 Å². The van der Waals surface area contributed by atoms with E-state index in [1.807, 2.05) is 0 Å². The highest BCUT2D eigenvalue weighted by Crippen LogP contribution is 2.43. The third kappa shape index (κ3) is 4.32. The van der Waals surface area contributed by atoms with E-state index < -0.39 is 17.9 Å². The number of esters is 2. The topological polar surface area (TPSA) is 155 Å². The number of aromatic nitrogens is 2. The minimum Gasteiger partial charge on any atom is -0.508 e. The molecule has 0 amide bonds. The lowest BCUT2D eigenvalue weighted by atomic mass is 9.81. The smallest absolute Gasteiger partial charge is 0.355 e. The van der Waals surface area contributed by atoms with Gasteiger partial charge in [0.15, 0.2) is 0 Å². The molecule has 1 aromatic heterocycles. The van der Waals surface area contributed by atoms with Crippen molar-refractivity contribution in [1.29, 1.82) is 5.26 Å². The van der Waals surface area contributed by atoms with Crippen molar-refractivity contribution in [2.24, 2.45) is 5.73 Å². The van der Waals surface area contributed by atoms with E-state index in [0.717, 1.165) is 5.56 Å². The highest BCUT2D eigenvalue weighted by molar-refractivity contribution is 6.06. The summed E-state index contributed by atoms with van der Waals surface area (Å²) in [6.45, 7) is 0. The zero-order chi connectivity index (χ0) is 27.7. The molecule has 10 heteroatoms. The predicted molar refractivity (Wildman–Crippen MR) is 143 cm³/mol. The standard InChI is InChI=1S/C29H23N5O5/c1-38-28(36)24-23(16-6-4-3-5-7-16)20(15-30)26(31)34(25(24)29(37)39-2)18-10-13-21-22(14-18)33-27(32-21)17-8-11-19(35)12-9-17/h3-14,23,35H,31H2,1-2H3,(H,32,33). The van der Waals surface area contributed by atoms with Gasteiger partial charge in [-0.05, 0) is 48.0 Å². The molecule has 2 heterocycles. The van der Waals surface area contributed by atoms with E-state index in [9.17, 15) is 20.0 Å². The molecule has 1 atom stereocenters. The van der Waals surface area contributed by atoms with Crippen LogP contribution in [0.2, 0.25) is 0 Å². The summed E-state index contributed by atoms with van der Waals surface area (Å²) in [4.78, 5) is 35.6. The van der Waals surface area contributed by atoms with Gasteiger partial charge >= 0.3 is 11.9 Å². The van der Waals surface area contributed by atoms with Crippen LogP contribution in [0.3, 0.4) is 0 Å². The molecule has 4 N–H and O–H groups in total. The summed E-state index contributed by atoms with van der Waals surface area (Å²) in [5.41, 5.74) is 9.38. The number of imidazole rings is 1. The summed E-state index contributed by atoms with van der Waals surface area (Å²) < 4.78 is 10.2. The second kappa shape index (κ2) is 10.1. The van der Waals surface area contributed by atoms with Crippen molar-refractivity contribution in [2.45, 2.75) is 5.92 Å². The first-order valence-electron chi connectivity index (χ1n) is 11.8. The average Bonchev–Trinajstić information content (AvgIpc) is 3.40. The molecular weight excluding hydrogens is 498 g/mol. The molecule has 4 aromatic rings. The fourth-order valence-electron chi connectivity index (χ4n) is 4.67. The molecule has 1 aliphatic rings. The lowest BCUT2D eigenvalue weighted by Crippen LogP contribution is -2.40. The number of phenols is 1. The van der Waals surface area contributed by atoms with Gasteiger partial charge in [0.1, 0.15) is 23.1 Å². The van der Waals surface area contributed by atoms with Gasteiger partial charge in [-0.2, -0.15) is 5.26 Å². The number of methoxy groups -OCH3 is 2. The maximum atomic E-state index is 13.2. The van der Waals surface area contributed by atoms with E-state index >= 15 is 0 Å². The normalized spacial score (nSPS) is 15.3. The third-order valence-electron chi connectivity index (χ3n) is 6.47. The molecule has 0 bridgehead atoms. The largest absolute Gasteiger partial charge is 0.508 e. The number of anilines is 1. The minimum absolute atomic E-state index is 0.0305. The van der Waals surface area contributed by atoms with Gasteiger partial charge in [-0.1, -0.05) is 30.3 Å². The number of benzene rings is 3. The van der Waals surface area contributed by atoms with Crippen LogP contribution in [0, 0.1) is 11.3 Å². The number of nitrogens with two attached hydrogens (primary N) is 1. The Bertz CT molecular complexity index is 1700. The fraction of sp³-hybridized carbons (Fsp3) is 0.103. The second-order valence-corrected chi connectivity index (χ2v) is 8.67. The monoisotopic (exact) mass is 521 g/mol. The summed E-state index contributed by atoms with van der Waals surface area (Å²) in [7, 11) is 2.40. The number of phenolic OH excluding ortho intramolecular Hbond substituents is 1. The number of carbonyl (C=O) groups is 2. The van der Waals surface area contributed by atoms with Crippen LogP contribution in [0.4, 0.5) is 5.69 Å². The Morgan fingerprint density at radius 1 is 1.03 bits per heavy atom. The number of fused-ring (bicyclic) bond motifs is 1. The molecule has 194 valence electrons. The minimum atomic E-state index is -0.953. The van der Waals surface area contributed by atoms with Crippen molar-refractivity contribution in [2.75, 3.05) is 19.1 Å². The zero-order valence-corrected chi connectivity index (χ0v) is 21.0. The molecule has 5 rings (SSSR count). The Morgan fingerprint density at radius 2 is 1.72 bits per heavy atom. The molecule has 0 spiro atoms. The van der Waals surface area contributed by atoms with Crippen LogP contribution in [-0.2, 0) is 19.1 Å². The maximum absolute atomic E-state index is 13.2. The maximum Gasteiger partial charge on any atom is 0.355 e. The molecule has 0 saturated carbocycles. The molecule has 0 fully saturated rings. The lowest BCUT2D eigenvalue weighted by molar-refractivity contribution is -0.139. The number of hydrogen-bond donors (Lipinski definition) is 3. The van der Waals surface area contributed by atoms with Crippen LogP contribution in [0.1, 0.15) is 11.5 Å². The summed E-state index contributed by atoms with van der Waals surface area (Å²) in [6.07, 6.45) is 0. The van der Waals surface area contributed by atoms with Crippen LogP contribution >= 0.6 is 0 Å². The van der Waals surface area contributed by atoms with Crippen molar-refractivity contribution >= 4 is 28.7 Å². The van der Waals surface area contributed by atoms with Gasteiger partial charge < -0.3 is 25.3 Å². The zero-order valence-electron chi connectivity index (χ0n) is 21.0. The molecule has 1 aliphatic heterocycles. The summed E-state index contributed by atoms with van der Waals surface area (Å²) >= 11 is 0. The van der Waals surface area contributed by atoms with E-state index in [-0.39, 0.29) is 28.4 Å².